The van der Waals surface area contributed by atoms with Crippen LogP contribution in [0.5, 0.6) is 0 Å². The average Bonchev–Trinajstić information content (AvgIpc) is 3.12. The van der Waals surface area contributed by atoms with Crippen LogP contribution < -0.4 is 69.5 Å². The molecule has 8 atom stereocenters. The monoisotopic (exact) mass is 555 g/mol. The van der Waals surface area contributed by atoms with Gasteiger partial charge in [0.05, 0.1) is 18.6 Å². The first kappa shape index (κ1) is 33.8. The van der Waals surface area contributed by atoms with Gasteiger partial charge in [-0.3, -0.25) is 8.98 Å². The van der Waals surface area contributed by atoms with E-state index in [0.717, 1.165) is 38.5 Å². The molecule has 4 rings (SSSR count). The van der Waals surface area contributed by atoms with Crippen molar-refractivity contribution in [1.82, 2.24) is 5.32 Å². The van der Waals surface area contributed by atoms with E-state index in [2.05, 4.69) is 32.2 Å². The van der Waals surface area contributed by atoms with Gasteiger partial charge in [-0.15, -0.1) is 0 Å². The first-order valence-corrected chi connectivity index (χ1v) is 14.5. The number of aliphatic carboxylic acids is 1. The molecule has 0 spiro atoms. The Morgan fingerprint density at radius 3 is 2.49 bits per heavy atom. The fourth-order valence-corrected chi connectivity index (χ4v) is 9.17. The van der Waals surface area contributed by atoms with Gasteiger partial charge < -0.3 is 19.8 Å². The molecule has 37 heavy (non-hydrogen) atoms. The average molecular weight is 556 g/mol. The maximum atomic E-state index is 12.0. The van der Waals surface area contributed by atoms with Gasteiger partial charge in [-0.25, -0.2) is 8.42 Å². The summed E-state index contributed by atoms with van der Waals surface area (Å²) >= 11 is 0. The first-order valence-electron chi connectivity index (χ1n) is 13.1. The fraction of sp³-hybridized carbons (Fsp3) is 0.846. The van der Waals surface area contributed by atoms with E-state index < -0.39 is 29.0 Å². The van der Waals surface area contributed by atoms with Crippen LogP contribution in [0.15, 0.2) is 11.6 Å². The first-order chi connectivity index (χ1) is 16.3. The predicted molar refractivity (Wildman–Crippen MR) is 126 cm³/mol. The second-order valence-corrected chi connectivity index (χ2v) is 13.0. The summed E-state index contributed by atoms with van der Waals surface area (Å²) in [5.41, 5.74) is 1.55. The zero-order valence-corrected chi connectivity index (χ0v) is 27.9. The van der Waals surface area contributed by atoms with Gasteiger partial charge in [0.2, 0.25) is 16.3 Å². The second-order valence-electron chi connectivity index (χ2n) is 12.0. The van der Waals surface area contributed by atoms with Gasteiger partial charge in [-0.2, -0.15) is 0 Å². The smallest absolute Gasteiger partial charge is 0.726 e. The minimum absolute atomic E-state index is 0. The summed E-state index contributed by atoms with van der Waals surface area (Å²) in [4.78, 5) is 22.6. The summed E-state index contributed by atoms with van der Waals surface area (Å²) in [6.45, 7) is 6.58. The Bertz CT molecular complexity index is 989. The van der Waals surface area contributed by atoms with Crippen LogP contribution in [-0.2, 0) is 24.2 Å². The molecule has 0 saturated heterocycles. The van der Waals surface area contributed by atoms with E-state index in [-0.39, 0.29) is 75.9 Å². The molecule has 0 aromatic rings. The molecule has 4 aliphatic rings. The number of amides is 1. The standard InChI is InChI=1S/C26H41NO7S.2Na/c1-16(4-9-23(28)27-15-24(29)30)20-7-8-21-19-6-5-17-14-18(34-35(31,32)33)10-12-25(17,2)22(19)11-13-26(20,21)3;;/h5,16,18-22H,4,6-15H2,1-3H3,(H,27,28)(H,29,30)(H,31,32,33);;/q;2*+1/p-2/t16-,18+,19+,20-,21+,22+,25+,26-;;/m1../s1. The summed E-state index contributed by atoms with van der Waals surface area (Å²) in [6.07, 6.45) is 10.5. The van der Waals surface area contributed by atoms with E-state index in [9.17, 15) is 27.7 Å². The zero-order chi connectivity index (χ0) is 25.6. The Balaban J connectivity index is 0.00000241. The molecule has 1 amide bonds. The van der Waals surface area contributed by atoms with Crippen molar-refractivity contribution >= 4 is 22.3 Å². The predicted octanol–water partition coefficient (Wildman–Crippen LogP) is -3.30. The maximum Gasteiger partial charge on any atom is 1.00 e. The van der Waals surface area contributed by atoms with E-state index in [1.54, 1.807) is 0 Å². The number of carboxylic acid groups (broad SMARTS) is 1. The van der Waals surface area contributed by atoms with Gasteiger partial charge in [0.25, 0.3) is 0 Å². The van der Waals surface area contributed by atoms with Crippen LogP contribution in [0, 0.1) is 40.4 Å². The van der Waals surface area contributed by atoms with Gasteiger partial charge in [-0.05, 0) is 98.2 Å². The molecule has 1 N–H and O–H groups in total. The number of fused-ring (bicyclic) bond motifs is 5. The number of allylic oxidation sites excluding steroid dienone is 1. The van der Waals surface area contributed by atoms with Gasteiger partial charge in [-0.1, -0.05) is 32.4 Å². The molecule has 8 nitrogen and oxygen atoms in total. The van der Waals surface area contributed by atoms with Crippen molar-refractivity contribution in [2.24, 2.45) is 40.4 Å². The molecule has 3 fully saturated rings. The molecule has 0 radical (unpaired) electrons. The van der Waals surface area contributed by atoms with Crippen molar-refractivity contribution in [3.63, 3.8) is 0 Å². The SMILES string of the molecule is C[C@H](CCC(=O)NCC(=O)[O-])[C@H]1CC[C@H]2[C@@H]3CC=C4C[C@@H](OS(=O)(=O)[O-])CC[C@]4(C)[C@H]3CC[C@]12C.[Na+].[Na+]. The largest absolute Gasteiger partial charge is 1.00 e. The third kappa shape index (κ3) is 7.25. The summed E-state index contributed by atoms with van der Waals surface area (Å²) < 4.78 is 38.2. The van der Waals surface area contributed by atoms with Crippen molar-refractivity contribution in [3.05, 3.63) is 11.6 Å². The van der Waals surface area contributed by atoms with E-state index in [1.165, 1.54) is 12.0 Å². The quantitative estimate of drug-likeness (QED) is 0.143. The number of rotatable bonds is 8. The fourth-order valence-electron chi connectivity index (χ4n) is 8.67. The zero-order valence-electron chi connectivity index (χ0n) is 23.1. The van der Waals surface area contributed by atoms with Gasteiger partial charge >= 0.3 is 59.1 Å². The summed E-state index contributed by atoms with van der Waals surface area (Å²) in [5, 5.41) is 13.0. The summed E-state index contributed by atoms with van der Waals surface area (Å²) in [6, 6.07) is 0. The Kier molecular flexibility index (Phi) is 11.9. The molecular formula is C26H39NNa2O7S. The number of carbonyl (C=O) groups excluding carboxylic acids is 2. The topological polar surface area (TPSA) is 136 Å². The third-order valence-electron chi connectivity index (χ3n) is 10.3. The number of hydrogen-bond acceptors (Lipinski definition) is 7. The van der Waals surface area contributed by atoms with Crippen LogP contribution in [0.4, 0.5) is 0 Å². The molecule has 198 valence electrons. The molecule has 4 aliphatic carbocycles. The van der Waals surface area contributed by atoms with E-state index in [1.807, 2.05) is 0 Å². The number of hydrogen-bond donors (Lipinski definition) is 1. The Morgan fingerprint density at radius 2 is 1.84 bits per heavy atom. The molecule has 0 aromatic carbocycles. The molecule has 0 unspecified atom stereocenters. The van der Waals surface area contributed by atoms with Gasteiger partial charge in [0.15, 0.2) is 0 Å². The number of nitrogens with one attached hydrogen (secondary N) is 1. The molecule has 0 aliphatic heterocycles. The molecule has 0 aromatic heterocycles. The third-order valence-corrected chi connectivity index (χ3v) is 10.8. The van der Waals surface area contributed by atoms with E-state index in [4.69, 9.17) is 4.18 Å². The number of carboxylic acids is 1. The van der Waals surface area contributed by atoms with Crippen molar-refractivity contribution in [1.29, 1.82) is 0 Å². The van der Waals surface area contributed by atoms with Crippen LogP contribution in [0.1, 0.15) is 85.0 Å². The minimum Gasteiger partial charge on any atom is -0.726 e. The van der Waals surface area contributed by atoms with E-state index in [0.29, 0.717) is 48.9 Å². The molecule has 0 bridgehead atoms. The summed E-state index contributed by atoms with van der Waals surface area (Å²) in [5.74, 6) is 1.23. The van der Waals surface area contributed by atoms with Crippen LogP contribution in [-0.4, -0.2) is 37.5 Å². The van der Waals surface area contributed by atoms with Gasteiger partial charge in [0, 0.05) is 6.42 Å². The van der Waals surface area contributed by atoms with Crippen LogP contribution in [0.3, 0.4) is 0 Å². The van der Waals surface area contributed by atoms with Gasteiger partial charge in [0.1, 0.15) is 0 Å². The van der Waals surface area contributed by atoms with Crippen LogP contribution >= 0.6 is 0 Å². The van der Waals surface area contributed by atoms with Crippen molar-refractivity contribution in [3.8, 4) is 0 Å². The van der Waals surface area contributed by atoms with Crippen molar-refractivity contribution in [2.45, 2.75) is 91.1 Å². The minimum atomic E-state index is -4.69. The Hall–Kier alpha value is 0.550. The van der Waals surface area contributed by atoms with Crippen molar-refractivity contribution in [2.75, 3.05) is 6.54 Å². The molecule has 0 heterocycles. The number of carbonyl (C=O) groups is 2. The molecular weight excluding hydrogens is 516 g/mol. The van der Waals surface area contributed by atoms with Crippen molar-refractivity contribution < 1.29 is 91.0 Å². The maximum absolute atomic E-state index is 12.0. The normalized spacial score (nSPS) is 37.4. The Morgan fingerprint density at radius 1 is 1.14 bits per heavy atom. The second kappa shape index (κ2) is 13.0. The Labute approximate surface area is 266 Å². The van der Waals surface area contributed by atoms with Crippen LogP contribution in [0.25, 0.3) is 0 Å². The molecule has 11 heteroatoms. The molecule has 3 saturated carbocycles. The summed E-state index contributed by atoms with van der Waals surface area (Å²) in [7, 11) is -4.69. The van der Waals surface area contributed by atoms with E-state index >= 15 is 0 Å². The van der Waals surface area contributed by atoms with Crippen LogP contribution in [0.2, 0.25) is 0 Å².